The minimum atomic E-state index is -0.133. The number of benzene rings is 1. The molecule has 0 radical (unpaired) electrons. The van der Waals surface area contributed by atoms with E-state index < -0.39 is 0 Å². The van der Waals surface area contributed by atoms with Crippen LogP contribution in [0.4, 0.5) is 0 Å². The average molecular weight is 265 g/mol. The molecule has 98 valence electrons. The van der Waals surface area contributed by atoms with E-state index in [1.165, 1.54) is 11.8 Å². The maximum absolute atomic E-state index is 12.1. The molecule has 0 spiro atoms. The summed E-state index contributed by atoms with van der Waals surface area (Å²) in [5.74, 6) is 0.140. The highest BCUT2D eigenvalue weighted by molar-refractivity contribution is 8.00. The van der Waals surface area contributed by atoms with Crippen LogP contribution in [0.3, 0.4) is 0 Å². The van der Waals surface area contributed by atoms with Gasteiger partial charge in [0.2, 0.25) is 5.91 Å². The van der Waals surface area contributed by atoms with Crippen LogP contribution in [0.2, 0.25) is 0 Å². The Hall–Kier alpha value is -1.29. The van der Waals surface area contributed by atoms with Crippen LogP contribution in [-0.2, 0) is 4.79 Å². The number of hydrogen-bond donors (Lipinski definition) is 0. The minimum Gasteiger partial charge on any atom is -0.342 e. The third kappa shape index (κ3) is 3.88. The predicted octanol–water partition coefficient (Wildman–Crippen LogP) is 2.85. The first-order valence-electron chi connectivity index (χ1n) is 6.13. The first-order valence-corrected chi connectivity index (χ1v) is 7.01. The largest absolute Gasteiger partial charge is 0.342 e. The molecule has 1 unspecified atom stereocenters. The van der Waals surface area contributed by atoms with Gasteiger partial charge in [-0.15, -0.1) is 11.8 Å². The van der Waals surface area contributed by atoms with Crippen molar-refractivity contribution in [2.24, 2.45) is 0 Å². The Kier molecular flexibility index (Phi) is 5.92. The summed E-state index contributed by atoms with van der Waals surface area (Å²) in [5.41, 5.74) is 0.641. The van der Waals surface area contributed by atoms with Crippen LogP contribution in [0, 0.1) is 0 Å². The topological polar surface area (TPSA) is 37.4 Å². The third-order valence-corrected chi connectivity index (χ3v) is 3.81. The number of carbonyl (C=O) groups is 2. The monoisotopic (exact) mass is 265 g/mol. The van der Waals surface area contributed by atoms with Gasteiger partial charge in [-0.2, -0.15) is 0 Å². The van der Waals surface area contributed by atoms with Gasteiger partial charge >= 0.3 is 0 Å². The van der Waals surface area contributed by atoms with E-state index in [2.05, 4.69) is 0 Å². The summed E-state index contributed by atoms with van der Waals surface area (Å²) in [6.07, 6.45) is 0.820. The molecule has 0 heterocycles. The van der Waals surface area contributed by atoms with Crippen molar-refractivity contribution in [1.82, 2.24) is 4.90 Å². The molecule has 1 aromatic carbocycles. The Morgan fingerprint density at radius 3 is 2.61 bits per heavy atom. The van der Waals surface area contributed by atoms with Crippen molar-refractivity contribution >= 4 is 24.0 Å². The van der Waals surface area contributed by atoms with E-state index in [9.17, 15) is 9.59 Å². The van der Waals surface area contributed by atoms with E-state index in [0.29, 0.717) is 5.56 Å². The molecule has 0 N–H and O–H groups in total. The molecule has 0 aromatic heterocycles. The second kappa shape index (κ2) is 7.21. The normalized spacial score (nSPS) is 11.9. The molecule has 1 amide bonds. The van der Waals surface area contributed by atoms with Crippen LogP contribution in [0.1, 0.15) is 31.1 Å². The van der Waals surface area contributed by atoms with E-state index in [-0.39, 0.29) is 11.2 Å². The predicted molar refractivity (Wildman–Crippen MR) is 75.1 cm³/mol. The lowest BCUT2D eigenvalue weighted by Crippen LogP contribution is -2.36. The molecule has 0 fully saturated rings. The molecule has 4 heteroatoms. The Morgan fingerprint density at radius 1 is 1.39 bits per heavy atom. The fourth-order valence-corrected chi connectivity index (χ4v) is 2.73. The van der Waals surface area contributed by atoms with E-state index in [1.54, 1.807) is 6.07 Å². The SMILES string of the molecule is CCN(CC)C(=O)C(C)Sc1cccc(C=O)c1. The molecule has 0 saturated heterocycles. The second-order valence-electron chi connectivity index (χ2n) is 3.96. The van der Waals surface area contributed by atoms with Gasteiger partial charge in [-0.3, -0.25) is 9.59 Å². The molecule has 0 aliphatic carbocycles. The van der Waals surface area contributed by atoms with Crippen LogP contribution in [0.5, 0.6) is 0 Å². The molecule has 0 aliphatic rings. The van der Waals surface area contributed by atoms with Crippen LogP contribution < -0.4 is 0 Å². The average Bonchev–Trinajstić information content (AvgIpc) is 2.40. The number of hydrogen-bond acceptors (Lipinski definition) is 3. The van der Waals surface area contributed by atoms with Gasteiger partial charge < -0.3 is 4.90 Å². The van der Waals surface area contributed by atoms with Gasteiger partial charge in [0, 0.05) is 23.5 Å². The van der Waals surface area contributed by atoms with Crippen molar-refractivity contribution in [3.05, 3.63) is 29.8 Å². The fraction of sp³-hybridized carbons (Fsp3) is 0.429. The highest BCUT2D eigenvalue weighted by atomic mass is 32.2. The number of carbonyl (C=O) groups excluding carboxylic acids is 2. The van der Waals surface area contributed by atoms with Gasteiger partial charge in [0.25, 0.3) is 0 Å². The molecule has 1 rings (SSSR count). The molecule has 0 saturated carbocycles. The summed E-state index contributed by atoms with van der Waals surface area (Å²) in [7, 11) is 0. The maximum atomic E-state index is 12.1. The molecule has 0 aliphatic heterocycles. The maximum Gasteiger partial charge on any atom is 0.235 e. The summed E-state index contributed by atoms with van der Waals surface area (Å²) < 4.78 is 0. The van der Waals surface area contributed by atoms with Crippen molar-refractivity contribution in [1.29, 1.82) is 0 Å². The second-order valence-corrected chi connectivity index (χ2v) is 5.38. The smallest absolute Gasteiger partial charge is 0.235 e. The molecule has 1 atom stereocenters. The third-order valence-electron chi connectivity index (χ3n) is 2.73. The van der Waals surface area contributed by atoms with Crippen molar-refractivity contribution in [3.8, 4) is 0 Å². The van der Waals surface area contributed by atoms with Crippen molar-refractivity contribution < 1.29 is 9.59 Å². The number of aldehydes is 1. The molecule has 1 aromatic rings. The van der Waals surface area contributed by atoms with Gasteiger partial charge in [-0.25, -0.2) is 0 Å². The summed E-state index contributed by atoms with van der Waals surface area (Å²) in [6.45, 7) is 7.32. The van der Waals surface area contributed by atoms with Gasteiger partial charge in [0.15, 0.2) is 0 Å². The Bertz CT molecular complexity index is 416. The number of thioether (sulfide) groups is 1. The lowest BCUT2D eigenvalue weighted by atomic mass is 10.2. The fourth-order valence-electron chi connectivity index (χ4n) is 1.71. The highest BCUT2D eigenvalue weighted by Gasteiger charge is 2.19. The molecule has 3 nitrogen and oxygen atoms in total. The van der Waals surface area contributed by atoms with Crippen molar-refractivity contribution in [2.45, 2.75) is 30.9 Å². The minimum absolute atomic E-state index is 0.133. The molecular formula is C14H19NO2S. The number of amides is 1. The number of rotatable bonds is 6. The van der Waals surface area contributed by atoms with E-state index >= 15 is 0 Å². The summed E-state index contributed by atoms with van der Waals surface area (Å²) in [6, 6.07) is 7.32. The van der Waals surface area contributed by atoms with Gasteiger partial charge in [0.1, 0.15) is 6.29 Å². The van der Waals surface area contributed by atoms with Gasteiger partial charge in [-0.1, -0.05) is 12.1 Å². The zero-order valence-electron chi connectivity index (χ0n) is 11.1. The first kappa shape index (κ1) is 14.8. The van der Waals surface area contributed by atoms with Crippen molar-refractivity contribution in [2.75, 3.05) is 13.1 Å². The quantitative estimate of drug-likeness (QED) is 0.586. The summed E-state index contributed by atoms with van der Waals surface area (Å²) >= 11 is 1.49. The van der Waals surface area contributed by atoms with Crippen LogP contribution in [0.25, 0.3) is 0 Å². The Morgan fingerprint density at radius 2 is 2.06 bits per heavy atom. The molecule has 18 heavy (non-hydrogen) atoms. The Labute approximate surface area is 113 Å². The lowest BCUT2D eigenvalue weighted by molar-refractivity contribution is -0.129. The molecule has 0 bridgehead atoms. The van der Waals surface area contributed by atoms with Gasteiger partial charge in [-0.05, 0) is 32.9 Å². The molecular weight excluding hydrogens is 246 g/mol. The zero-order chi connectivity index (χ0) is 13.5. The van der Waals surface area contributed by atoms with E-state index in [4.69, 9.17) is 0 Å². The van der Waals surface area contributed by atoms with Crippen LogP contribution >= 0.6 is 11.8 Å². The summed E-state index contributed by atoms with van der Waals surface area (Å²) in [4.78, 5) is 25.6. The van der Waals surface area contributed by atoms with Crippen LogP contribution in [-0.4, -0.2) is 35.4 Å². The number of nitrogens with zero attached hydrogens (tertiary/aromatic N) is 1. The van der Waals surface area contributed by atoms with E-state index in [1.807, 2.05) is 43.9 Å². The lowest BCUT2D eigenvalue weighted by Gasteiger charge is -2.22. The van der Waals surface area contributed by atoms with E-state index in [0.717, 1.165) is 24.3 Å². The Balaban J connectivity index is 2.71. The van der Waals surface area contributed by atoms with Crippen LogP contribution in [0.15, 0.2) is 29.2 Å². The zero-order valence-corrected chi connectivity index (χ0v) is 11.9. The van der Waals surface area contributed by atoms with Gasteiger partial charge in [0.05, 0.1) is 5.25 Å². The first-order chi connectivity index (χ1) is 8.62. The summed E-state index contributed by atoms with van der Waals surface area (Å²) in [5, 5.41) is -0.133. The van der Waals surface area contributed by atoms with Crippen molar-refractivity contribution in [3.63, 3.8) is 0 Å². The standard InChI is InChI=1S/C14H19NO2S/c1-4-15(5-2)14(17)11(3)18-13-8-6-7-12(9-13)10-16/h6-11H,4-5H2,1-3H3. The highest BCUT2D eigenvalue weighted by Crippen LogP contribution is 2.24.